The number of anilines is 1. The standard InChI is InChI=1S/C19H17ClN6/c1-25-17-5-3-2-4-16(17)23-19(25)13-8-18(21-9-14(13)20)26-10-12(11-26)15-6-7-22-24-15/h2-9,12H,10-11H2,1H3,(H,22,24). The molecule has 0 unspecified atom stereocenters. The van der Waals surface area contributed by atoms with Gasteiger partial charge in [0.1, 0.15) is 11.6 Å². The highest BCUT2D eigenvalue weighted by molar-refractivity contribution is 6.33. The molecule has 0 saturated carbocycles. The zero-order chi connectivity index (χ0) is 17.7. The Balaban J connectivity index is 1.48. The number of aromatic amines is 1. The SMILES string of the molecule is Cn1c(-c2cc(N3CC(c4ccn[nH]4)C3)ncc2Cl)nc2ccccc21. The third-order valence-electron chi connectivity index (χ3n) is 5.04. The minimum absolute atomic E-state index is 0.467. The van der Waals surface area contributed by atoms with Crippen LogP contribution in [0.4, 0.5) is 5.82 Å². The summed E-state index contributed by atoms with van der Waals surface area (Å²) in [5, 5.41) is 7.69. The fraction of sp³-hybridized carbons (Fsp3) is 0.211. The van der Waals surface area contributed by atoms with Gasteiger partial charge in [-0.1, -0.05) is 23.7 Å². The lowest BCUT2D eigenvalue weighted by molar-refractivity contribution is 0.508. The summed E-state index contributed by atoms with van der Waals surface area (Å²) in [6, 6.07) is 12.2. The summed E-state index contributed by atoms with van der Waals surface area (Å²) in [6.07, 6.45) is 3.51. The minimum atomic E-state index is 0.467. The monoisotopic (exact) mass is 364 g/mol. The maximum atomic E-state index is 6.46. The number of nitrogens with one attached hydrogen (secondary N) is 1. The third kappa shape index (κ3) is 2.37. The van der Waals surface area contributed by atoms with Crippen LogP contribution in [0.1, 0.15) is 11.6 Å². The molecule has 6 nitrogen and oxygen atoms in total. The first-order chi connectivity index (χ1) is 12.7. The molecule has 0 aliphatic carbocycles. The van der Waals surface area contributed by atoms with Crippen LogP contribution in [0.5, 0.6) is 0 Å². The number of H-pyrrole nitrogens is 1. The van der Waals surface area contributed by atoms with Gasteiger partial charge in [-0.3, -0.25) is 5.10 Å². The van der Waals surface area contributed by atoms with Crippen LogP contribution in [-0.2, 0) is 7.05 Å². The average molecular weight is 365 g/mol. The highest BCUT2D eigenvalue weighted by atomic mass is 35.5. The molecule has 5 rings (SSSR count). The highest BCUT2D eigenvalue weighted by Gasteiger charge is 2.30. The Bertz CT molecular complexity index is 1080. The first-order valence-corrected chi connectivity index (χ1v) is 8.90. The predicted octanol–water partition coefficient (Wildman–Crippen LogP) is 3.62. The fourth-order valence-corrected chi connectivity index (χ4v) is 3.70. The summed E-state index contributed by atoms with van der Waals surface area (Å²) in [5.41, 5.74) is 4.12. The summed E-state index contributed by atoms with van der Waals surface area (Å²) >= 11 is 6.46. The zero-order valence-electron chi connectivity index (χ0n) is 14.2. The Morgan fingerprint density at radius 1 is 1.19 bits per heavy atom. The van der Waals surface area contributed by atoms with Gasteiger partial charge in [0.05, 0.1) is 16.1 Å². The number of aryl methyl sites for hydroxylation is 1. The molecular weight excluding hydrogens is 348 g/mol. The molecule has 0 atom stereocenters. The quantitative estimate of drug-likeness (QED) is 0.603. The molecule has 4 heterocycles. The molecule has 4 aromatic rings. The van der Waals surface area contributed by atoms with E-state index in [-0.39, 0.29) is 0 Å². The summed E-state index contributed by atoms with van der Waals surface area (Å²) in [4.78, 5) is 11.5. The maximum Gasteiger partial charge on any atom is 0.142 e. The van der Waals surface area contributed by atoms with Gasteiger partial charge < -0.3 is 9.47 Å². The number of aromatic nitrogens is 5. The second kappa shape index (κ2) is 5.85. The van der Waals surface area contributed by atoms with Gasteiger partial charge >= 0.3 is 0 Å². The number of nitrogens with zero attached hydrogens (tertiary/aromatic N) is 5. The lowest BCUT2D eigenvalue weighted by Crippen LogP contribution is -2.45. The fourth-order valence-electron chi connectivity index (χ4n) is 3.51. The largest absolute Gasteiger partial charge is 0.355 e. The van der Waals surface area contributed by atoms with E-state index in [1.54, 1.807) is 12.4 Å². The first kappa shape index (κ1) is 15.4. The van der Waals surface area contributed by atoms with E-state index >= 15 is 0 Å². The third-order valence-corrected chi connectivity index (χ3v) is 5.34. The molecule has 3 aromatic heterocycles. The number of rotatable bonds is 3. The van der Waals surface area contributed by atoms with Gasteiger partial charge in [-0.2, -0.15) is 5.10 Å². The number of benzene rings is 1. The van der Waals surface area contributed by atoms with E-state index in [2.05, 4.69) is 30.7 Å². The topological polar surface area (TPSA) is 62.6 Å². The van der Waals surface area contributed by atoms with Crippen LogP contribution in [-0.4, -0.2) is 37.8 Å². The van der Waals surface area contributed by atoms with E-state index in [1.807, 2.05) is 37.4 Å². The normalized spacial score (nSPS) is 14.8. The van der Waals surface area contributed by atoms with Crippen LogP contribution in [0.25, 0.3) is 22.4 Å². The van der Waals surface area contributed by atoms with E-state index in [0.29, 0.717) is 10.9 Å². The molecule has 0 spiro atoms. The smallest absolute Gasteiger partial charge is 0.142 e. The predicted molar refractivity (Wildman–Crippen MR) is 102 cm³/mol. The number of halogens is 1. The molecule has 1 aliphatic heterocycles. The van der Waals surface area contributed by atoms with Crippen molar-refractivity contribution in [2.24, 2.45) is 7.05 Å². The van der Waals surface area contributed by atoms with Crippen molar-refractivity contribution in [1.29, 1.82) is 0 Å². The molecule has 130 valence electrons. The lowest BCUT2D eigenvalue weighted by Gasteiger charge is -2.39. The van der Waals surface area contributed by atoms with E-state index in [0.717, 1.165) is 41.3 Å². The summed E-state index contributed by atoms with van der Waals surface area (Å²) in [7, 11) is 2.01. The summed E-state index contributed by atoms with van der Waals surface area (Å²) in [5.74, 6) is 2.24. The van der Waals surface area contributed by atoms with Crippen LogP contribution < -0.4 is 4.90 Å². The Morgan fingerprint density at radius 2 is 2.04 bits per heavy atom. The van der Waals surface area contributed by atoms with Crippen molar-refractivity contribution in [3.05, 3.63) is 59.5 Å². The van der Waals surface area contributed by atoms with Crippen LogP contribution in [0.2, 0.25) is 5.02 Å². The highest BCUT2D eigenvalue weighted by Crippen LogP contribution is 2.35. The molecule has 1 saturated heterocycles. The number of para-hydroxylation sites is 2. The number of pyridine rings is 1. The molecule has 26 heavy (non-hydrogen) atoms. The summed E-state index contributed by atoms with van der Waals surface area (Å²) < 4.78 is 2.07. The molecule has 7 heteroatoms. The Hall–Kier alpha value is -2.86. The zero-order valence-corrected chi connectivity index (χ0v) is 15.0. The average Bonchev–Trinajstić information content (AvgIpc) is 3.24. The molecule has 0 radical (unpaired) electrons. The van der Waals surface area contributed by atoms with Gasteiger partial charge in [0, 0.05) is 49.7 Å². The van der Waals surface area contributed by atoms with Crippen LogP contribution in [0, 0.1) is 0 Å². The van der Waals surface area contributed by atoms with Crippen molar-refractivity contribution in [2.75, 3.05) is 18.0 Å². The molecule has 0 bridgehead atoms. The molecule has 1 aliphatic rings. The van der Waals surface area contributed by atoms with Gasteiger partial charge in [0.15, 0.2) is 0 Å². The van der Waals surface area contributed by atoms with E-state index in [4.69, 9.17) is 16.6 Å². The number of hydrogen-bond acceptors (Lipinski definition) is 4. The Kier molecular flexibility index (Phi) is 3.46. The maximum absolute atomic E-state index is 6.46. The van der Waals surface area contributed by atoms with E-state index in [1.165, 1.54) is 5.69 Å². The van der Waals surface area contributed by atoms with E-state index < -0.39 is 0 Å². The van der Waals surface area contributed by atoms with Crippen LogP contribution in [0.15, 0.2) is 48.8 Å². The molecular formula is C19H17ClN6. The first-order valence-electron chi connectivity index (χ1n) is 8.52. The van der Waals surface area contributed by atoms with Gasteiger partial charge in [0.2, 0.25) is 0 Å². The van der Waals surface area contributed by atoms with Gasteiger partial charge in [-0.25, -0.2) is 9.97 Å². The number of hydrogen-bond donors (Lipinski definition) is 1. The van der Waals surface area contributed by atoms with E-state index in [9.17, 15) is 0 Å². The minimum Gasteiger partial charge on any atom is -0.355 e. The van der Waals surface area contributed by atoms with Crippen molar-refractivity contribution >= 4 is 28.5 Å². The molecule has 1 aromatic carbocycles. The van der Waals surface area contributed by atoms with Crippen LogP contribution >= 0.6 is 11.6 Å². The van der Waals surface area contributed by atoms with Crippen molar-refractivity contribution in [1.82, 2.24) is 24.7 Å². The van der Waals surface area contributed by atoms with Crippen molar-refractivity contribution in [3.8, 4) is 11.4 Å². The Labute approximate surface area is 155 Å². The van der Waals surface area contributed by atoms with Crippen molar-refractivity contribution in [2.45, 2.75) is 5.92 Å². The number of fused-ring (bicyclic) bond motifs is 1. The molecule has 1 fully saturated rings. The molecule has 0 amide bonds. The second-order valence-corrected chi connectivity index (χ2v) is 7.03. The van der Waals surface area contributed by atoms with Gasteiger partial charge in [-0.15, -0.1) is 0 Å². The Morgan fingerprint density at radius 3 is 2.81 bits per heavy atom. The molecule has 1 N–H and O–H groups in total. The van der Waals surface area contributed by atoms with Gasteiger partial charge in [-0.05, 0) is 24.3 Å². The van der Waals surface area contributed by atoms with Crippen LogP contribution in [0.3, 0.4) is 0 Å². The number of imidazole rings is 1. The lowest BCUT2D eigenvalue weighted by atomic mass is 9.96. The van der Waals surface area contributed by atoms with Crippen molar-refractivity contribution < 1.29 is 0 Å². The van der Waals surface area contributed by atoms with Crippen molar-refractivity contribution in [3.63, 3.8) is 0 Å². The summed E-state index contributed by atoms with van der Waals surface area (Å²) in [6.45, 7) is 1.83. The second-order valence-electron chi connectivity index (χ2n) is 6.62. The van der Waals surface area contributed by atoms with Gasteiger partial charge in [0.25, 0.3) is 0 Å².